The Morgan fingerprint density at radius 1 is 1.14 bits per heavy atom. The van der Waals surface area contributed by atoms with Crippen molar-refractivity contribution in [1.29, 1.82) is 0 Å². The van der Waals surface area contributed by atoms with Crippen LogP contribution in [-0.4, -0.2) is 18.6 Å². The zero-order chi connectivity index (χ0) is 16.7. The highest BCUT2D eigenvalue weighted by molar-refractivity contribution is 7.22. The third kappa shape index (κ3) is 3.07. The van der Waals surface area contributed by atoms with Gasteiger partial charge in [-0.2, -0.15) is 0 Å². The van der Waals surface area contributed by atoms with Gasteiger partial charge in [-0.05, 0) is 23.8 Å². The Balaban J connectivity index is 2.93. The van der Waals surface area contributed by atoms with Crippen LogP contribution in [0, 0.1) is 0 Å². The van der Waals surface area contributed by atoms with Crippen LogP contribution in [0.25, 0.3) is 10.2 Å². The Morgan fingerprint density at radius 2 is 1.77 bits per heavy atom. The summed E-state index contributed by atoms with van der Waals surface area (Å²) in [6.07, 6.45) is 0. The van der Waals surface area contributed by atoms with E-state index in [2.05, 4.69) is 59.8 Å². The molecule has 3 nitrogen and oxygen atoms in total. The summed E-state index contributed by atoms with van der Waals surface area (Å²) in [4.78, 5) is 4.73. The number of anilines is 1. The average molecular weight is 321 g/mol. The number of nitrogens with zero attached hydrogens (tertiary/aromatic N) is 1. The predicted octanol–water partition coefficient (Wildman–Crippen LogP) is 5.33. The molecular formula is C18H28N2OS. The first-order chi connectivity index (χ1) is 10.1. The molecule has 0 aliphatic rings. The Hall–Kier alpha value is -1.29. The van der Waals surface area contributed by atoms with Gasteiger partial charge in [-0.3, -0.25) is 0 Å². The topological polar surface area (TPSA) is 34.1 Å². The first-order valence-corrected chi connectivity index (χ1v) is 8.70. The molecule has 1 heterocycles. The molecule has 0 saturated carbocycles. The zero-order valence-corrected chi connectivity index (χ0v) is 15.9. The summed E-state index contributed by atoms with van der Waals surface area (Å²) in [5, 5.41) is 4.12. The molecule has 0 aliphatic carbocycles. The van der Waals surface area contributed by atoms with Crippen molar-refractivity contribution < 1.29 is 4.74 Å². The minimum absolute atomic E-state index is 0.00155. The number of nitrogens with one attached hydrogen (secondary N) is 1. The fraction of sp³-hybridized carbons (Fsp3) is 0.611. The van der Waals surface area contributed by atoms with Gasteiger partial charge in [0.2, 0.25) is 0 Å². The molecule has 122 valence electrons. The lowest BCUT2D eigenvalue weighted by molar-refractivity contribution is 0.321. The molecule has 1 N–H and O–H groups in total. The van der Waals surface area contributed by atoms with Crippen LogP contribution in [0.2, 0.25) is 0 Å². The Morgan fingerprint density at radius 3 is 2.23 bits per heavy atom. The normalized spacial score (nSPS) is 12.7. The highest BCUT2D eigenvalue weighted by Crippen LogP contribution is 2.46. The van der Waals surface area contributed by atoms with Crippen LogP contribution < -0.4 is 10.1 Å². The fourth-order valence-electron chi connectivity index (χ4n) is 2.69. The van der Waals surface area contributed by atoms with E-state index in [1.54, 1.807) is 11.3 Å². The number of rotatable bonds is 3. The maximum absolute atomic E-state index is 6.13. The maximum Gasteiger partial charge on any atom is 0.183 e. The smallest absolute Gasteiger partial charge is 0.183 e. The van der Waals surface area contributed by atoms with Crippen molar-refractivity contribution in [2.45, 2.75) is 59.3 Å². The van der Waals surface area contributed by atoms with Crippen LogP contribution in [0.4, 0.5) is 5.13 Å². The van der Waals surface area contributed by atoms with Gasteiger partial charge < -0.3 is 10.1 Å². The van der Waals surface area contributed by atoms with E-state index in [0.717, 1.165) is 16.4 Å². The third-order valence-corrected chi connectivity index (χ3v) is 4.80. The van der Waals surface area contributed by atoms with E-state index in [4.69, 9.17) is 9.72 Å². The monoisotopic (exact) mass is 320 g/mol. The van der Waals surface area contributed by atoms with Crippen molar-refractivity contribution in [3.63, 3.8) is 0 Å². The van der Waals surface area contributed by atoms with Gasteiger partial charge in [0.15, 0.2) is 5.13 Å². The van der Waals surface area contributed by atoms with E-state index in [1.807, 2.05) is 7.05 Å². The van der Waals surface area contributed by atoms with Crippen LogP contribution in [0.15, 0.2) is 6.07 Å². The lowest BCUT2D eigenvalue weighted by atomic mass is 9.79. The number of ether oxygens (including phenoxy) is 1. The summed E-state index contributed by atoms with van der Waals surface area (Å²) in [6, 6.07) is 2.20. The molecule has 4 heteroatoms. The van der Waals surface area contributed by atoms with Crippen molar-refractivity contribution in [2.75, 3.05) is 19.0 Å². The largest absolute Gasteiger partial charge is 0.493 e. The second-order valence-electron chi connectivity index (χ2n) is 7.68. The molecule has 22 heavy (non-hydrogen) atoms. The van der Waals surface area contributed by atoms with Crippen molar-refractivity contribution in [3.05, 3.63) is 17.2 Å². The van der Waals surface area contributed by atoms with Gasteiger partial charge in [0.1, 0.15) is 5.75 Å². The van der Waals surface area contributed by atoms with E-state index in [9.17, 15) is 0 Å². The second-order valence-corrected chi connectivity index (χ2v) is 8.68. The quantitative estimate of drug-likeness (QED) is 0.829. The minimum atomic E-state index is 0.00155. The van der Waals surface area contributed by atoms with Crippen LogP contribution in [0.5, 0.6) is 5.75 Å². The number of benzene rings is 1. The number of thiazole rings is 1. The molecule has 2 aromatic rings. The fourth-order valence-corrected chi connectivity index (χ4v) is 3.84. The van der Waals surface area contributed by atoms with Crippen LogP contribution in [0.1, 0.15) is 59.6 Å². The summed E-state index contributed by atoms with van der Waals surface area (Å²) in [6.45, 7) is 16.2. The number of hydrogen-bond acceptors (Lipinski definition) is 4. The van der Waals surface area contributed by atoms with Gasteiger partial charge in [-0.25, -0.2) is 4.98 Å². The lowest BCUT2D eigenvalue weighted by Crippen LogP contribution is -2.20. The SMILES string of the molecule is CCOc1c(C(C)(C)C)cc2nc(NC)sc2c1C(C)(C)C. The molecule has 0 aliphatic heterocycles. The highest BCUT2D eigenvalue weighted by Gasteiger charge is 2.30. The average Bonchev–Trinajstić information content (AvgIpc) is 2.77. The van der Waals surface area contributed by atoms with Gasteiger partial charge in [0.05, 0.1) is 16.8 Å². The summed E-state index contributed by atoms with van der Waals surface area (Å²) < 4.78 is 7.36. The first kappa shape index (κ1) is 17.1. The van der Waals surface area contributed by atoms with Crippen LogP contribution in [-0.2, 0) is 10.8 Å². The zero-order valence-electron chi connectivity index (χ0n) is 15.0. The lowest BCUT2D eigenvalue weighted by Gasteiger charge is -2.29. The van der Waals surface area contributed by atoms with Gasteiger partial charge in [-0.1, -0.05) is 52.9 Å². The van der Waals surface area contributed by atoms with Gasteiger partial charge in [0.25, 0.3) is 0 Å². The molecule has 0 bridgehead atoms. The molecule has 1 aromatic carbocycles. The Bertz CT molecular complexity index is 675. The standard InChI is InChI=1S/C18H28N2OS/c1-9-21-14-11(17(2,3)4)10-12-15(13(14)18(5,6)7)22-16(19-8)20-12/h10H,9H2,1-8H3,(H,19,20). The molecular weight excluding hydrogens is 292 g/mol. The van der Waals surface area contributed by atoms with E-state index in [-0.39, 0.29) is 10.8 Å². The Kier molecular flexibility index (Phi) is 4.44. The first-order valence-electron chi connectivity index (χ1n) is 7.88. The summed E-state index contributed by atoms with van der Waals surface area (Å²) >= 11 is 1.71. The number of hydrogen-bond donors (Lipinski definition) is 1. The summed E-state index contributed by atoms with van der Waals surface area (Å²) in [5.74, 6) is 1.04. The van der Waals surface area contributed by atoms with E-state index in [1.165, 1.54) is 15.8 Å². The van der Waals surface area contributed by atoms with Crippen LogP contribution >= 0.6 is 11.3 Å². The third-order valence-electron chi connectivity index (χ3n) is 3.69. The summed E-state index contributed by atoms with van der Waals surface area (Å²) in [5.41, 5.74) is 3.59. The predicted molar refractivity (Wildman–Crippen MR) is 97.7 cm³/mol. The van der Waals surface area contributed by atoms with E-state index >= 15 is 0 Å². The van der Waals surface area contributed by atoms with Gasteiger partial charge in [0, 0.05) is 18.2 Å². The van der Waals surface area contributed by atoms with Crippen molar-refractivity contribution >= 4 is 26.7 Å². The minimum Gasteiger partial charge on any atom is -0.493 e. The molecule has 0 saturated heterocycles. The molecule has 1 aromatic heterocycles. The Labute approximate surface area is 138 Å². The molecule has 0 fully saturated rings. The molecule has 0 radical (unpaired) electrons. The maximum atomic E-state index is 6.13. The van der Waals surface area contributed by atoms with Crippen LogP contribution in [0.3, 0.4) is 0 Å². The number of fused-ring (bicyclic) bond motifs is 1. The molecule has 0 atom stereocenters. The van der Waals surface area contributed by atoms with Crippen molar-refractivity contribution in [1.82, 2.24) is 4.98 Å². The molecule has 2 rings (SSSR count). The van der Waals surface area contributed by atoms with Crippen molar-refractivity contribution in [3.8, 4) is 5.75 Å². The molecule has 0 spiro atoms. The van der Waals surface area contributed by atoms with Gasteiger partial charge in [-0.15, -0.1) is 0 Å². The van der Waals surface area contributed by atoms with E-state index in [0.29, 0.717) is 6.61 Å². The van der Waals surface area contributed by atoms with Gasteiger partial charge >= 0.3 is 0 Å². The van der Waals surface area contributed by atoms with Crippen molar-refractivity contribution in [2.24, 2.45) is 0 Å². The van der Waals surface area contributed by atoms with E-state index < -0.39 is 0 Å². The molecule has 0 amide bonds. The number of aromatic nitrogens is 1. The second kappa shape index (κ2) is 5.73. The summed E-state index contributed by atoms with van der Waals surface area (Å²) in [7, 11) is 1.92. The molecule has 0 unspecified atom stereocenters. The highest BCUT2D eigenvalue weighted by atomic mass is 32.1.